The molecule has 8 heteroatoms. The Morgan fingerprint density at radius 1 is 1.46 bits per heavy atom. The zero-order valence-electron chi connectivity index (χ0n) is 13.9. The summed E-state index contributed by atoms with van der Waals surface area (Å²) in [7, 11) is 0. The van der Waals surface area contributed by atoms with Crippen molar-refractivity contribution in [3.63, 3.8) is 0 Å². The molecule has 2 aliphatic heterocycles. The number of piperidine rings is 1. The van der Waals surface area contributed by atoms with Gasteiger partial charge in [-0.25, -0.2) is 0 Å². The highest BCUT2D eigenvalue weighted by molar-refractivity contribution is 7.11. The molecule has 0 saturated carbocycles. The van der Waals surface area contributed by atoms with Crippen molar-refractivity contribution in [1.29, 1.82) is 0 Å². The second-order valence-electron chi connectivity index (χ2n) is 6.94. The van der Waals surface area contributed by atoms with E-state index in [0.717, 1.165) is 0 Å². The second kappa shape index (κ2) is 6.42. The first-order valence-electron chi connectivity index (χ1n) is 8.13. The summed E-state index contributed by atoms with van der Waals surface area (Å²) >= 11 is 1.34. The van der Waals surface area contributed by atoms with Crippen molar-refractivity contribution in [2.24, 2.45) is 0 Å². The summed E-state index contributed by atoms with van der Waals surface area (Å²) in [5.74, 6) is -0.149. The third-order valence-electron chi connectivity index (χ3n) is 4.98. The Balaban J connectivity index is 1.64. The van der Waals surface area contributed by atoms with Crippen LogP contribution in [0.2, 0.25) is 0 Å². The maximum absolute atomic E-state index is 12.4. The van der Waals surface area contributed by atoms with Gasteiger partial charge in [0.1, 0.15) is 10.5 Å². The third-order valence-corrected chi connectivity index (χ3v) is 5.74. The first-order valence-corrected chi connectivity index (χ1v) is 9.01. The van der Waals surface area contributed by atoms with Crippen LogP contribution in [0.4, 0.5) is 0 Å². The number of aliphatic hydroxyl groups is 1. The van der Waals surface area contributed by atoms with Gasteiger partial charge in [-0.15, -0.1) is 11.3 Å². The van der Waals surface area contributed by atoms with E-state index in [1.165, 1.54) is 18.3 Å². The summed E-state index contributed by atoms with van der Waals surface area (Å²) in [4.78, 5) is 30.2. The molecule has 2 saturated heterocycles. The largest absolute Gasteiger partial charge is 0.386 e. The molecule has 0 bridgehead atoms. The summed E-state index contributed by atoms with van der Waals surface area (Å²) in [6.07, 6.45) is 3.55. The molecule has 0 aliphatic carbocycles. The van der Waals surface area contributed by atoms with Crippen LogP contribution in [0.15, 0.2) is 11.7 Å². The number of nitrogens with one attached hydrogen (secondary N) is 1. The van der Waals surface area contributed by atoms with E-state index in [1.54, 1.807) is 18.6 Å². The number of thiazole rings is 1. The fourth-order valence-corrected chi connectivity index (χ4v) is 4.03. The number of amides is 2. The van der Waals surface area contributed by atoms with Crippen LogP contribution < -0.4 is 5.32 Å². The van der Waals surface area contributed by atoms with E-state index in [9.17, 15) is 14.7 Å². The smallest absolute Gasteiger partial charge is 0.265 e. The number of carbonyl (C=O) groups excluding carboxylic acids is 2. The molecule has 3 rings (SSSR count). The van der Waals surface area contributed by atoms with Gasteiger partial charge < -0.3 is 20.1 Å². The quantitative estimate of drug-likeness (QED) is 0.820. The molecular formula is C16H23N3O4S. The zero-order chi connectivity index (χ0) is 17.4. The van der Waals surface area contributed by atoms with Crippen molar-refractivity contribution in [2.75, 3.05) is 19.7 Å². The van der Waals surface area contributed by atoms with Gasteiger partial charge in [-0.2, -0.15) is 0 Å². The molecule has 2 atom stereocenters. The van der Waals surface area contributed by atoms with Crippen LogP contribution in [-0.2, 0) is 9.53 Å². The maximum atomic E-state index is 12.4. The second-order valence-corrected chi connectivity index (χ2v) is 7.83. The monoisotopic (exact) mass is 353 g/mol. The fraction of sp³-hybridized carbons (Fsp3) is 0.688. The minimum Gasteiger partial charge on any atom is -0.386 e. The number of ether oxygens (including phenoxy) is 1. The highest BCUT2D eigenvalue weighted by atomic mass is 32.1. The Morgan fingerprint density at radius 2 is 2.17 bits per heavy atom. The summed E-state index contributed by atoms with van der Waals surface area (Å²) in [5, 5.41) is 13.3. The Hall–Kier alpha value is -1.51. The highest BCUT2D eigenvalue weighted by Crippen LogP contribution is 2.38. The van der Waals surface area contributed by atoms with E-state index in [1.807, 2.05) is 4.90 Å². The number of aromatic nitrogens is 1. The lowest BCUT2D eigenvalue weighted by Gasteiger charge is -2.50. The van der Waals surface area contributed by atoms with Crippen molar-refractivity contribution in [3.05, 3.63) is 16.6 Å². The fourth-order valence-electron chi connectivity index (χ4n) is 3.45. The van der Waals surface area contributed by atoms with E-state index < -0.39 is 5.60 Å². The van der Waals surface area contributed by atoms with Crippen LogP contribution in [0.25, 0.3) is 0 Å². The molecule has 3 heterocycles. The van der Waals surface area contributed by atoms with Crippen LogP contribution in [0.1, 0.15) is 42.8 Å². The van der Waals surface area contributed by atoms with Gasteiger partial charge in [-0.3, -0.25) is 14.6 Å². The van der Waals surface area contributed by atoms with E-state index in [-0.39, 0.29) is 30.1 Å². The normalized spacial score (nSPS) is 29.5. The van der Waals surface area contributed by atoms with Gasteiger partial charge in [0.2, 0.25) is 5.91 Å². The van der Waals surface area contributed by atoms with Crippen molar-refractivity contribution in [1.82, 2.24) is 15.2 Å². The Morgan fingerprint density at radius 3 is 2.75 bits per heavy atom. The molecule has 1 aromatic heterocycles. The average Bonchev–Trinajstić information content (AvgIpc) is 3.06. The van der Waals surface area contributed by atoms with Crippen molar-refractivity contribution in [3.8, 4) is 0 Å². The van der Waals surface area contributed by atoms with E-state index >= 15 is 0 Å². The number of hydrogen-bond acceptors (Lipinski definition) is 6. The predicted octanol–water partition coefficient (Wildman–Crippen LogP) is 0.794. The molecule has 0 aromatic carbocycles. The molecule has 7 nitrogen and oxygen atoms in total. The molecule has 2 N–H and O–H groups in total. The molecule has 1 spiro atoms. The zero-order valence-corrected chi connectivity index (χ0v) is 14.8. The minimum atomic E-state index is -1.08. The van der Waals surface area contributed by atoms with Crippen LogP contribution in [0.3, 0.4) is 0 Å². The maximum Gasteiger partial charge on any atom is 0.265 e. The van der Waals surface area contributed by atoms with E-state index in [2.05, 4.69) is 10.3 Å². The molecule has 0 unspecified atom stereocenters. The molecule has 1 aromatic rings. The Labute approximate surface area is 145 Å². The van der Waals surface area contributed by atoms with Gasteiger partial charge in [-0.1, -0.05) is 0 Å². The lowest BCUT2D eigenvalue weighted by Crippen LogP contribution is -2.63. The van der Waals surface area contributed by atoms with Crippen LogP contribution in [-0.4, -0.2) is 63.7 Å². The van der Waals surface area contributed by atoms with Gasteiger partial charge in [0.05, 0.1) is 30.0 Å². The van der Waals surface area contributed by atoms with Crippen LogP contribution >= 0.6 is 11.3 Å². The summed E-state index contributed by atoms with van der Waals surface area (Å²) in [5.41, 5.74) is 0.190. The number of rotatable bonds is 2. The standard InChI is InChI=1S/C16H23N3O4S/c1-11(20)18-13-7-16(23-9-15(13,2)22)3-5-19(6-4-16)14(21)12-8-17-10-24-12/h8,10,13,22H,3-7,9H2,1-2H3,(H,18,20)/t13-,15-/m0/s1. The van der Waals surface area contributed by atoms with Gasteiger partial charge in [-0.05, 0) is 26.2 Å². The van der Waals surface area contributed by atoms with Crippen molar-refractivity contribution >= 4 is 23.2 Å². The number of carbonyl (C=O) groups is 2. The summed E-state index contributed by atoms with van der Waals surface area (Å²) < 4.78 is 6.00. The Kier molecular flexibility index (Phi) is 4.63. The third kappa shape index (κ3) is 3.45. The number of hydrogen-bond donors (Lipinski definition) is 2. The average molecular weight is 353 g/mol. The van der Waals surface area contributed by atoms with Crippen molar-refractivity contribution < 1.29 is 19.4 Å². The first kappa shape index (κ1) is 17.3. The molecule has 24 heavy (non-hydrogen) atoms. The molecular weight excluding hydrogens is 330 g/mol. The van der Waals surface area contributed by atoms with E-state index in [4.69, 9.17) is 4.74 Å². The van der Waals surface area contributed by atoms with E-state index in [0.29, 0.717) is 37.2 Å². The van der Waals surface area contributed by atoms with Gasteiger partial charge >= 0.3 is 0 Å². The van der Waals surface area contributed by atoms with Crippen LogP contribution in [0.5, 0.6) is 0 Å². The minimum absolute atomic E-state index is 0.00793. The van der Waals surface area contributed by atoms with Crippen LogP contribution in [0, 0.1) is 0 Å². The number of nitrogens with zero attached hydrogens (tertiary/aromatic N) is 2. The molecule has 2 aliphatic rings. The molecule has 0 radical (unpaired) electrons. The topological polar surface area (TPSA) is 91.8 Å². The molecule has 2 fully saturated rings. The highest BCUT2D eigenvalue weighted by Gasteiger charge is 2.49. The molecule has 132 valence electrons. The molecule has 2 amide bonds. The SMILES string of the molecule is CC(=O)N[C@H]1CC2(CCN(C(=O)c3cncs3)CC2)OC[C@]1(C)O. The van der Waals surface area contributed by atoms with Crippen molar-refractivity contribution in [2.45, 2.75) is 50.4 Å². The van der Waals surface area contributed by atoms with Gasteiger partial charge in [0.15, 0.2) is 0 Å². The lowest BCUT2D eigenvalue weighted by molar-refractivity contribution is -0.191. The van der Waals surface area contributed by atoms with Gasteiger partial charge in [0.25, 0.3) is 5.91 Å². The predicted molar refractivity (Wildman–Crippen MR) is 88.8 cm³/mol. The lowest BCUT2D eigenvalue weighted by atomic mass is 9.77. The first-order chi connectivity index (χ1) is 11.3. The van der Waals surface area contributed by atoms with Gasteiger partial charge in [0, 0.05) is 20.0 Å². The summed E-state index contributed by atoms with van der Waals surface area (Å²) in [6, 6.07) is -0.340. The number of likely N-dealkylation sites (tertiary alicyclic amines) is 1. The Bertz CT molecular complexity index is 609. The summed E-state index contributed by atoms with van der Waals surface area (Å²) in [6.45, 7) is 4.52.